The largest absolute Gasteiger partial charge is 0.493 e. The first-order valence-electron chi connectivity index (χ1n) is 6.25. The Labute approximate surface area is 117 Å². The normalized spacial score (nSPS) is 11.7. The zero-order valence-electron chi connectivity index (χ0n) is 11.6. The zero-order chi connectivity index (χ0) is 15.0. The van der Waals surface area contributed by atoms with E-state index in [-0.39, 0.29) is 25.5 Å². The van der Waals surface area contributed by atoms with Crippen LogP contribution in [0.25, 0.3) is 0 Å². The summed E-state index contributed by atoms with van der Waals surface area (Å²) < 4.78 is 10.2. The number of hydrogen-bond donors (Lipinski definition) is 2. The molecular formula is C14H19NO5. The summed E-state index contributed by atoms with van der Waals surface area (Å²) in [7, 11) is 1.28. The third-order valence-electron chi connectivity index (χ3n) is 2.72. The van der Waals surface area contributed by atoms with E-state index in [2.05, 4.69) is 5.32 Å². The number of nitrogens with one attached hydrogen (secondary N) is 1. The van der Waals surface area contributed by atoms with Crippen LogP contribution in [0, 0.1) is 6.92 Å². The highest BCUT2D eigenvalue weighted by molar-refractivity contribution is 5.78. The number of ether oxygens (including phenoxy) is 2. The molecule has 1 amide bonds. The van der Waals surface area contributed by atoms with Crippen LogP contribution in [-0.2, 0) is 14.3 Å². The van der Waals surface area contributed by atoms with Gasteiger partial charge < -0.3 is 19.9 Å². The molecule has 0 aliphatic rings. The van der Waals surface area contributed by atoms with Crippen molar-refractivity contribution in [3.05, 3.63) is 29.8 Å². The number of rotatable bonds is 8. The summed E-state index contributed by atoms with van der Waals surface area (Å²) in [6.07, 6.45) is -0.874. The van der Waals surface area contributed by atoms with Crippen LogP contribution in [0.15, 0.2) is 24.3 Å². The average molecular weight is 281 g/mol. The van der Waals surface area contributed by atoms with E-state index in [1.54, 1.807) is 0 Å². The van der Waals surface area contributed by atoms with Crippen LogP contribution in [0.5, 0.6) is 5.75 Å². The van der Waals surface area contributed by atoms with Crippen molar-refractivity contribution in [1.82, 2.24) is 5.32 Å². The monoisotopic (exact) mass is 281 g/mol. The predicted octanol–water partition coefficient (Wildman–Crippen LogP) is 0.980. The second-order valence-corrected chi connectivity index (χ2v) is 4.23. The molecule has 1 atom stereocenters. The van der Waals surface area contributed by atoms with Gasteiger partial charge in [-0.2, -0.15) is 0 Å². The number of carbonyl (C=O) groups is 2. The van der Waals surface area contributed by atoms with Crippen molar-refractivity contribution < 1.29 is 24.2 Å². The minimum absolute atomic E-state index is 0.0605. The maximum atomic E-state index is 11.5. The fraction of sp³-hybridized carbons (Fsp3) is 0.429. The van der Waals surface area contributed by atoms with Gasteiger partial charge >= 0.3 is 5.97 Å². The Morgan fingerprint density at radius 3 is 2.65 bits per heavy atom. The molecule has 1 aromatic carbocycles. The van der Waals surface area contributed by atoms with E-state index in [1.807, 2.05) is 31.2 Å². The topological polar surface area (TPSA) is 84.9 Å². The summed E-state index contributed by atoms with van der Waals surface area (Å²) in [5, 5.41) is 11.2. The van der Waals surface area contributed by atoms with Gasteiger partial charge in [0.1, 0.15) is 5.75 Å². The molecule has 1 aromatic rings. The Bertz CT molecular complexity index is 461. The van der Waals surface area contributed by atoms with Gasteiger partial charge in [-0.3, -0.25) is 4.79 Å². The first-order valence-corrected chi connectivity index (χ1v) is 6.25. The summed E-state index contributed by atoms with van der Waals surface area (Å²) in [6.45, 7) is 2.10. The molecule has 6 nitrogen and oxygen atoms in total. The quantitative estimate of drug-likeness (QED) is 0.742. The molecule has 0 saturated carbocycles. The number of benzene rings is 1. The van der Waals surface area contributed by atoms with E-state index < -0.39 is 12.1 Å². The Hall–Kier alpha value is -2.08. The molecule has 20 heavy (non-hydrogen) atoms. The Balaban J connectivity index is 2.27. The lowest BCUT2D eigenvalue weighted by molar-refractivity contribution is -0.148. The van der Waals surface area contributed by atoms with Crippen molar-refractivity contribution in [3.63, 3.8) is 0 Å². The van der Waals surface area contributed by atoms with Gasteiger partial charge in [0.15, 0.2) is 6.10 Å². The first-order chi connectivity index (χ1) is 9.54. The molecule has 110 valence electrons. The second kappa shape index (κ2) is 8.16. The molecule has 0 heterocycles. The van der Waals surface area contributed by atoms with Crippen LogP contribution in [0.4, 0.5) is 0 Å². The molecular weight excluding hydrogens is 262 g/mol. The van der Waals surface area contributed by atoms with Crippen molar-refractivity contribution in [2.45, 2.75) is 19.4 Å². The highest BCUT2D eigenvalue weighted by Gasteiger charge is 2.16. The molecule has 0 aliphatic carbocycles. The maximum absolute atomic E-state index is 11.5. The number of hydrogen-bond acceptors (Lipinski definition) is 4. The van der Waals surface area contributed by atoms with Crippen LogP contribution in [0.2, 0.25) is 0 Å². The average Bonchev–Trinajstić information content (AvgIpc) is 2.41. The molecule has 6 heteroatoms. The lowest BCUT2D eigenvalue weighted by atomic mass is 10.2. The van der Waals surface area contributed by atoms with E-state index in [0.29, 0.717) is 0 Å². The molecule has 0 aliphatic heterocycles. The van der Waals surface area contributed by atoms with E-state index >= 15 is 0 Å². The number of carboxylic acids is 1. The highest BCUT2D eigenvalue weighted by Crippen LogP contribution is 2.15. The van der Waals surface area contributed by atoms with Crippen molar-refractivity contribution in [1.29, 1.82) is 0 Å². The fourth-order valence-corrected chi connectivity index (χ4v) is 1.54. The van der Waals surface area contributed by atoms with Crippen LogP contribution in [-0.4, -0.2) is 43.3 Å². The number of para-hydroxylation sites is 1. The Morgan fingerprint density at radius 1 is 1.35 bits per heavy atom. The SMILES string of the molecule is COC(CNC(=O)CCOc1ccccc1C)C(=O)O. The van der Waals surface area contributed by atoms with E-state index in [9.17, 15) is 9.59 Å². The summed E-state index contributed by atoms with van der Waals surface area (Å²) in [6, 6.07) is 7.52. The smallest absolute Gasteiger partial charge is 0.334 e. The number of aryl methyl sites for hydroxylation is 1. The minimum atomic E-state index is -1.11. The number of methoxy groups -OCH3 is 1. The summed E-state index contributed by atoms with van der Waals surface area (Å²) in [5.41, 5.74) is 0.998. The Morgan fingerprint density at radius 2 is 2.05 bits per heavy atom. The van der Waals surface area contributed by atoms with Gasteiger partial charge in [-0.25, -0.2) is 4.79 Å². The molecule has 0 spiro atoms. The number of carboxylic acid groups (broad SMARTS) is 1. The van der Waals surface area contributed by atoms with Crippen molar-refractivity contribution in [2.75, 3.05) is 20.3 Å². The van der Waals surface area contributed by atoms with Gasteiger partial charge in [0.25, 0.3) is 0 Å². The van der Waals surface area contributed by atoms with Gasteiger partial charge in [-0.05, 0) is 18.6 Å². The zero-order valence-corrected chi connectivity index (χ0v) is 11.6. The predicted molar refractivity (Wildman–Crippen MR) is 72.7 cm³/mol. The van der Waals surface area contributed by atoms with Crippen molar-refractivity contribution >= 4 is 11.9 Å². The second-order valence-electron chi connectivity index (χ2n) is 4.23. The van der Waals surface area contributed by atoms with Crippen molar-refractivity contribution in [2.24, 2.45) is 0 Å². The van der Waals surface area contributed by atoms with E-state index in [4.69, 9.17) is 14.6 Å². The lowest BCUT2D eigenvalue weighted by Crippen LogP contribution is -2.38. The molecule has 1 unspecified atom stereocenters. The highest BCUT2D eigenvalue weighted by atomic mass is 16.5. The van der Waals surface area contributed by atoms with Gasteiger partial charge in [0.05, 0.1) is 19.6 Å². The third kappa shape index (κ3) is 5.27. The molecule has 2 N–H and O–H groups in total. The van der Waals surface area contributed by atoms with Gasteiger partial charge in [-0.15, -0.1) is 0 Å². The third-order valence-corrected chi connectivity index (χ3v) is 2.72. The van der Waals surface area contributed by atoms with Crippen LogP contribution < -0.4 is 10.1 Å². The number of aliphatic carboxylic acids is 1. The number of amides is 1. The molecule has 0 radical (unpaired) electrons. The maximum Gasteiger partial charge on any atom is 0.334 e. The van der Waals surface area contributed by atoms with E-state index in [0.717, 1.165) is 11.3 Å². The summed E-state index contributed by atoms with van der Waals surface area (Å²) in [4.78, 5) is 22.2. The van der Waals surface area contributed by atoms with Crippen LogP contribution in [0.3, 0.4) is 0 Å². The first kappa shape index (κ1) is 16.0. The lowest BCUT2D eigenvalue weighted by Gasteiger charge is -2.12. The number of carbonyl (C=O) groups excluding carboxylic acids is 1. The minimum Gasteiger partial charge on any atom is -0.493 e. The summed E-state index contributed by atoms with van der Waals surface area (Å²) in [5.74, 6) is -0.647. The molecule has 0 saturated heterocycles. The van der Waals surface area contributed by atoms with Gasteiger partial charge in [0.2, 0.25) is 5.91 Å². The van der Waals surface area contributed by atoms with E-state index in [1.165, 1.54) is 7.11 Å². The van der Waals surface area contributed by atoms with Gasteiger partial charge in [0, 0.05) is 7.11 Å². The molecule has 1 rings (SSSR count). The van der Waals surface area contributed by atoms with Crippen molar-refractivity contribution in [3.8, 4) is 5.75 Å². The Kier molecular flexibility index (Phi) is 6.52. The molecule has 0 aromatic heterocycles. The van der Waals surface area contributed by atoms with Gasteiger partial charge in [-0.1, -0.05) is 18.2 Å². The van der Waals surface area contributed by atoms with Crippen LogP contribution in [0.1, 0.15) is 12.0 Å². The molecule has 0 fully saturated rings. The van der Waals surface area contributed by atoms with Crippen LogP contribution >= 0.6 is 0 Å². The standard InChI is InChI=1S/C14H19NO5/c1-10-5-3-4-6-11(10)20-8-7-13(16)15-9-12(19-2)14(17)18/h3-6,12H,7-9H2,1-2H3,(H,15,16)(H,17,18). The fourth-order valence-electron chi connectivity index (χ4n) is 1.54. The molecule has 0 bridgehead atoms. The summed E-state index contributed by atoms with van der Waals surface area (Å²) >= 11 is 0.